The molecule has 0 atom stereocenters. The molecule has 0 bridgehead atoms. The van der Waals surface area contributed by atoms with E-state index in [4.69, 9.17) is 11.6 Å². The molecule has 0 aliphatic rings. The lowest BCUT2D eigenvalue weighted by Gasteiger charge is -2.20. The van der Waals surface area contributed by atoms with Crippen LogP contribution in [0.2, 0.25) is 0 Å². The Morgan fingerprint density at radius 3 is 2.33 bits per heavy atom. The number of alkyl halides is 1. The molecule has 0 amide bonds. The van der Waals surface area contributed by atoms with Crippen LogP contribution in [0.25, 0.3) is 0 Å². The Morgan fingerprint density at radius 1 is 1.14 bits per heavy atom. The number of nitrogens with zero attached hydrogens (tertiary/aromatic N) is 1. The maximum Gasteiger partial charge on any atom is 0.267 e. The highest BCUT2D eigenvalue weighted by Gasteiger charge is 2.27. The summed E-state index contributed by atoms with van der Waals surface area (Å²) in [4.78, 5) is -0.732. The number of sulfonamides is 1. The molecule has 0 spiro atoms. The van der Waals surface area contributed by atoms with Crippen LogP contribution in [0, 0.1) is 11.6 Å². The lowest BCUT2D eigenvalue weighted by molar-refractivity contribution is 0.483. The Morgan fingerprint density at radius 2 is 1.76 bits per heavy atom. The van der Waals surface area contributed by atoms with Crippen molar-refractivity contribution in [1.82, 2.24) is 0 Å². The lowest BCUT2D eigenvalue weighted by Crippen LogP contribution is -2.27. The smallest absolute Gasteiger partial charge is 0.267 e. The standard InChI is InChI=1S/C14H12ClF2NO2S/c1-18(11-5-3-2-4-6-11)21(19,20)13-8-10(9-15)7-12(16)14(13)17/h2-8H,9H2,1H3. The van der Waals surface area contributed by atoms with Gasteiger partial charge in [-0.25, -0.2) is 17.2 Å². The molecule has 0 aliphatic carbocycles. The summed E-state index contributed by atoms with van der Waals surface area (Å²) in [5.41, 5.74) is 0.532. The first-order chi connectivity index (χ1) is 9.87. The zero-order valence-corrected chi connectivity index (χ0v) is 12.6. The average Bonchev–Trinajstić information content (AvgIpc) is 2.49. The summed E-state index contributed by atoms with van der Waals surface area (Å²) in [6, 6.07) is 10.0. The normalized spacial score (nSPS) is 11.4. The van der Waals surface area contributed by atoms with Crippen LogP contribution in [0.5, 0.6) is 0 Å². The van der Waals surface area contributed by atoms with Crippen molar-refractivity contribution >= 4 is 27.3 Å². The topological polar surface area (TPSA) is 37.4 Å². The summed E-state index contributed by atoms with van der Waals surface area (Å²) >= 11 is 5.57. The molecule has 3 nitrogen and oxygen atoms in total. The third-order valence-electron chi connectivity index (χ3n) is 2.97. The van der Waals surface area contributed by atoms with Gasteiger partial charge in [0.05, 0.1) is 5.69 Å². The number of halogens is 3. The van der Waals surface area contributed by atoms with Crippen LogP contribution >= 0.6 is 11.6 Å². The van der Waals surface area contributed by atoms with E-state index in [1.165, 1.54) is 7.05 Å². The van der Waals surface area contributed by atoms with Crippen molar-refractivity contribution in [1.29, 1.82) is 0 Å². The Hall–Kier alpha value is -1.66. The summed E-state index contributed by atoms with van der Waals surface area (Å²) in [6.45, 7) is 0. The number of anilines is 1. The van der Waals surface area contributed by atoms with Crippen LogP contribution in [0.3, 0.4) is 0 Å². The fourth-order valence-corrected chi connectivity index (χ4v) is 3.28. The van der Waals surface area contributed by atoms with Gasteiger partial charge in [0.15, 0.2) is 11.6 Å². The fourth-order valence-electron chi connectivity index (χ4n) is 1.81. The molecule has 0 aliphatic heterocycles. The Kier molecular flexibility index (Phi) is 4.49. The second kappa shape index (κ2) is 5.99. The van der Waals surface area contributed by atoms with Crippen LogP contribution in [-0.2, 0) is 15.9 Å². The molecule has 21 heavy (non-hydrogen) atoms. The van der Waals surface area contributed by atoms with Crippen molar-refractivity contribution in [2.75, 3.05) is 11.4 Å². The van der Waals surface area contributed by atoms with Crippen LogP contribution in [0.4, 0.5) is 14.5 Å². The molecule has 112 valence electrons. The van der Waals surface area contributed by atoms with Gasteiger partial charge in [-0.3, -0.25) is 4.31 Å². The van der Waals surface area contributed by atoms with Gasteiger partial charge in [-0.1, -0.05) is 18.2 Å². The number of hydrogen-bond donors (Lipinski definition) is 0. The van der Waals surface area contributed by atoms with Crippen LogP contribution in [0.15, 0.2) is 47.4 Å². The molecule has 0 unspecified atom stereocenters. The highest BCUT2D eigenvalue weighted by molar-refractivity contribution is 7.92. The van der Waals surface area contributed by atoms with Gasteiger partial charge in [0.1, 0.15) is 4.90 Å². The van der Waals surface area contributed by atoms with Gasteiger partial charge in [0.2, 0.25) is 0 Å². The number of hydrogen-bond acceptors (Lipinski definition) is 2. The van der Waals surface area contributed by atoms with Crippen LogP contribution in [-0.4, -0.2) is 15.5 Å². The maximum absolute atomic E-state index is 13.9. The van der Waals surface area contributed by atoms with E-state index in [0.29, 0.717) is 5.69 Å². The Labute approximate surface area is 126 Å². The average molecular weight is 332 g/mol. The Balaban J connectivity index is 2.57. The summed E-state index contributed by atoms with van der Waals surface area (Å²) in [5, 5.41) is 0. The van der Waals surface area contributed by atoms with Crippen molar-refractivity contribution in [2.45, 2.75) is 10.8 Å². The predicted octanol–water partition coefficient (Wildman–Crippen LogP) is 3.53. The molecule has 0 radical (unpaired) electrons. The Bertz CT molecular complexity index is 751. The van der Waals surface area contributed by atoms with E-state index in [9.17, 15) is 17.2 Å². The summed E-state index contributed by atoms with van der Waals surface area (Å²) in [6.07, 6.45) is 0. The molecule has 0 heterocycles. The molecule has 0 aromatic heterocycles. The molecule has 0 N–H and O–H groups in total. The highest BCUT2D eigenvalue weighted by Crippen LogP contribution is 2.26. The van der Waals surface area contributed by atoms with Crippen molar-refractivity contribution in [3.63, 3.8) is 0 Å². The molecular formula is C14H12ClF2NO2S. The number of rotatable bonds is 4. The second-order valence-corrected chi connectivity index (χ2v) is 6.54. The van der Waals surface area contributed by atoms with Gasteiger partial charge >= 0.3 is 0 Å². The highest BCUT2D eigenvalue weighted by atomic mass is 35.5. The van der Waals surface area contributed by atoms with Crippen molar-refractivity contribution in [3.05, 3.63) is 59.7 Å². The molecule has 2 aromatic rings. The van der Waals surface area contributed by atoms with Crippen molar-refractivity contribution in [3.8, 4) is 0 Å². The third kappa shape index (κ3) is 3.01. The van der Waals surface area contributed by atoms with Gasteiger partial charge < -0.3 is 0 Å². The minimum absolute atomic E-state index is 0.116. The van der Waals surface area contributed by atoms with E-state index in [1.807, 2.05) is 0 Å². The molecular weight excluding hydrogens is 320 g/mol. The maximum atomic E-state index is 13.9. The van der Waals surface area contributed by atoms with E-state index >= 15 is 0 Å². The monoisotopic (exact) mass is 331 g/mol. The van der Waals surface area contributed by atoms with Crippen LogP contribution < -0.4 is 4.31 Å². The summed E-state index contributed by atoms with van der Waals surface area (Å²) < 4.78 is 53.2. The van der Waals surface area contributed by atoms with Gasteiger partial charge in [-0.05, 0) is 29.8 Å². The second-order valence-electron chi connectivity index (χ2n) is 4.33. The van der Waals surface area contributed by atoms with E-state index in [0.717, 1.165) is 16.4 Å². The largest absolute Gasteiger partial charge is 0.269 e. The quantitative estimate of drug-likeness (QED) is 0.804. The number of para-hydroxylation sites is 1. The molecule has 2 aromatic carbocycles. The van der Waals surface area contributed by atoms with E-state index in [2.05, 4.69) is 0 Å². The minimum atomic E-state index is -4.22. The molecule has 7 heteroatoms. The molecule has 2 rings (SSSR count). The molecule has 0 saturated carbocycles. The van der Waals surface area contributed by atoms with Gasteiger partial charge in [0, 0.05) is 12.9 Å². The number of benzene rings is 2. The lowest BCUT2D eigenvalue weighted by atomic mass is 10.2. The SMILES string of the molecule is CN(c1ccccc1)S(=O)(=O)c1cc(CCl)cc(F)c1F. The van der Waals surface area contributed by atoms with E-state index < -0.39 is 26.6 Å². The first-order valence-electron chi connectivity index (χ1n) is 5.96. The first kappa shape index (κ1) is 15.7. The van der Waals surface area contributed by atoms with Gasteiger partial charge in [0.25, 0.3) is 10.0 Å². The molecule has 0 saturated heterocycles. The van der Waals surface area contributed by atoms with Gasteiger partial charge in [-0.15, -0.1) is 11.6 Å². The summed E-state index contributed by atoms with van der Waals surface area (Å²) in [7, 11) is -2.94. The van der Waals surface area contributed by atoms with Crippen LogP contribution in [0.1, 0.15) is 5.56 Å². The summed E-state index contributed by atoms with van der Waals surface area (Å²) in [5.74, 6) is -2.77. The van der Waals surface area contributed by atoms with E-state index in [1.54, 1.807) is 30.3 Å². The third-order valence-corrected chi connectivity index (χ3v) is 5.06. The first-order valence-corrected chi connectivity index (χ1v) is 7.93. The zero-order valence-electron chi connectivity index (χ0n) is 11.1. The van der Waals surface area contributed by atoms with Crippen molar-refractivity contribution < 1.29 is 17.2 Å². The van der Waals surface area contributed by atoms with Crippen molar-refractivity contribution in [2.24, 2.45) is 0 Å². The minimum Gasteiger partial charge on any atom is -0.269 e. The predicted molar refractivity (Wildman–Crippen MR) is 77.9 cm³/mol. The molecule has 0 fully saturated rings. The van der Waals surface area contributed by atoms with Gasteiger partial charge in [-0.2, -0.15) is 0 Å². The fraction of sp³-hybridized carbons (Fsp3) is 0.143. The zero-order chi connectivity index (χ0) is 15.6. The van der Waals surface area contributed by atoms with E-state index in [-0.39, 0.29) is 11.4 Å².